The number of carbonyl (C=O) groups excluding carboxylic acids is 1. The molecule has 2 aromatic carbocycles. The molecule has 0 aromatic heterocycles. The van der Waals surface area contributed by atoms with Crippen LogP contribution in [0.3, 0.4) is 0 Å². The number of amides is 1. The van der Waals surface area contributed by atoms with Gasteiger partial charge < -0.3 is 15.8 Å². The van der Waals surface area contributed by atoms with Crippen molar-refractivity contribution in [2.75, 3.05) is 7.05 Å². The van der Waals surface area contributed by atoms with Gasteiger partial charge in [-0.2, -0.15) is 0 Å². The van der Waals surface area contributed by atoms with Crippen molar-refractivity contribution >= 4 is 5.91 Å². The summed E-state index contributed by atoms with van der Waals surface area (Å²) in [5.74, 6) is 0.582. The fraction of sp³-hybridized carbons (Fsp3) is 0.188. The van der Waals surface area contributed by atoms with Crippen molar-refractivity contribution in [1.29, 1.82) is 0 Å². The highest BCUT2D eigenvalue weighted by Crippen LogP contribution is 2.21. The van der Waals surface area contributed by atoms with Crippen molar-refractivity contribution in [3.63, 3.8) is 0 Å². The maximum atomic E-state index is 11.6. The van der Waals surface area contributed by atoms with Gasteiger partial charge in [0.25, 0.3) is 5.91 Å². The molecule has 3 N–H and O–H groups in total. The second-order valence-corrected chi connectivity index (χ2v) is 4.38. The van der Waals surface area contributed by atoms with Crippen LogP contribution in [0.25, 0.3) is 0 Å². The molecule has 4 nitrogen and oxygen atoms in total. The largest absolute Gasteiger partial charge is 0.489 e. The van der Waals surface area contributed by atoms with Crippen molar-refractivity contribution in [1.82, 2.24) is 5.32 Å². The average Bonchev–Trinajstić information content (AvgIpc) is 2.53. The lowest BCUT2D eigenvalue weighted by atomic mass is 10.1. The lowest BCUT2D eigenvalue weighted by Gasteiger charge is -2.12. The minimum Gasteiger partial charge on any atom is -0.489 e. The summed E-state index contributed by atoms with van der Waals surface area (Å²) in [6.45, 7) is 0.808. The van der Waals surface area contributed by atoms with E-state index in [-0.39, 0.29) is 5.91 Å². The number of hydrogen-bond donors (Lipinski definition) is 2. The number of benzene rings is 2. The summed E-state index contributed by atoms with van der Waals surface area (Å²) in [5, 5.41) is 2.59. The third-order valence-corrected chi connectivity index (χ3v) is 3.01. The van der Waals surface area contributed by atoms with Crippen LogP contribution in [0.2, 0.25) is 0 Å². The SMILES string of the molecule is CNC(=O)c1ccc(OCc2ccccc2)c(CN)c1. The van der Waals surface area contributed by atoms with Gasteiger partial charge in [-0.3, -0.25) is 4.79 Å². The molecule has 0 aliphatic heterocycles. The number of ether oxygens (including phenoxy) is 1. The molecule has 0 spiro atoms. The summed E-state index contributed by atoms with van der Waals surface area (Å²) in [5.41, 5.74) is 8.21. The van der Waals surface area contributed by atoms with Gasteiger partial charge in [0.15, 0.2) is 0 Å². The Kier molecular flexibility index (Phi) is 4.74. The van der Waals surface area contributed by atoms with Crippen LogP contribution >= 0.6 is 0 Å². The first-order chi connectivity index (χ1) is 9.74. The summed E-state index contributed by atoms with van der Waals surface area (Å²) in [6.07, 6.45) is 0. The van der Waals surface area contributed by atoms with Crippen LogP contribution in [0.4, 0.5) is 0 Å². The average molecular weight is 270 g/mol. The van der Waals surface area contributed by atoms with Gasteiger partial charge in [0.2, 0.25) is 0 Å². The first-order valence-electron chi connectivity index (χ1n) is 6.46. The lowest BCUT2D eigenvalue weighted by Crippen LogP contribution is -2.18. The Morgan fingerprint density at radius 3 is 2.60 bits per heavy atom. The number of nitrogens with two attached hydrogens (primary N) is 1. The van der Waals surface area contributed by atoms with Gasteiger partial charge in [-0.1, -0.05) is 30.3 Å². The summed E-state index contributed by atoms with van der Waals surface area (Å²) in [4.78, 5) is 11.6. The normalized spacial score (nSPS) is 10.1. The van der Waals surface area contributed by atoms with Crippen molar-refractivity contribution in [2.45, 2.75) is 13.2 Å². The van der Waals surface area contributed by atoms with Gasteiger partial charge in [-0.05, 0) is 23.8 Å². The number of hydrogen-bond acceptors (Lipinski definition) is 3. The monoisotopic (exact) mass is 270 g/mol. The molecule has 0 aliphatic carbocycles. The van der Waals surface area contributed by atoms with E-state index >= 15 is 0 Å². The molecule has 0 unspecified atom stereocenters. The van der Waals surface area contributed by atoms with Crippen LogP contribution in [0.15, 0.2) is 48.5 Å². The predicted octanol–water partition coefficient (Wildman–Crippen LogP) is 2.08. The Morgan fingerprint density at radius 2 is 1.95 bits per heavy atom. The molecule has 4 heteroatoms. The zero-order valence-electron chi connectivity index (χ0n) is 11.4. The van der Waals surface area contributed by atoms with E-state index in [2.05, 4.69) is 5.32 Å². The topological polar surface area (TPSA) is 64.3 Å². The lowest BCUT2D eigenvalue weighted by molar-refractivity contribution is 0.0963. The molecule has 0 heterocycles. The molecule has 20 heavy (non-hydrogen) atoms. The minimum atomic E-state index is -0.130. The fourth-order valence-electron chi connectivity index (χ4n) is 1.90. The molecule has 2 rings (SSSR count). The molecule has 0 fully saturated rings. The van der Waals surface area contributed by atoms with E-state index in [1.54, 1.807) is 25.2 Å². The quantitative estimate of drug-likeness (QED) is 0.874. The Morgan fingerprint density at radius 1 is 1.20 bits per heavy atom. The third-order valence-electron chi connectivity index (χ3n) is 3.01. The smallest absolute Gasteiger partial charge is 0.251 e. The van der Waals surface area contributed by atoms with E-state index in [1.165, 1.54) is 0 Å². The van der Waals surface area contributed by atoms with Gasteiger partial charge in [0.1, 0.15) is 12.4 Å². The highest BCUT2D eigenvalue weighted by atomic mass is 16.5. The van der Waals surface area contributed by atoms with Crippen LogP contribution in [0.1, 0.15) is 21.5 Å². The van der Waals surface area contributed by atoms with Gasteiger partial charge in [-0.25, -0.2) is 0 Å². The Balaban J connectivity index is 2.13. The van der Waals surface area contributed by atoms with Gasteiger partial charge >= 0.3 is 0 Å². The van der Waals surface area contributed by atoms with Crippen molar-refractivity contribution in [3.05, 3.63) is 65.2 Å². The summed E-state index contributed by atoms with van der Waals surface area (Å²) >= 11 is 0. The Bertz CT molecular complexity index is 582. The number of rotatable bonds is 5. The zero-order chi connectivity index (χ0) is 14.4. The minimum absolute atomic E-state index is 0.130. The molecule has 104 valence electrons. The molecular formula is C16H18N2O2. The predicted molar refractivity (Wildman–Crippen MR) is 78.5 cm³/mol. The van der Waals surface area contributed by atoms with Crippen LogP contribution in [0.5, 0.6) is 5.75 Å². The maximum Gasteiger partial charge on any atom is 0.251 e. The maximum absolute atomic E-state index is 11.6. The number of carbonyl (C=O) groups is 1. The van der Waals surface area contributed by atoms with Crippen LogP contribution < -0.4 is 15.8 Å². The summed E-state index contributed by atoms with van der Waals surface area (Å²) < 4.78 is 5.77. The first-order valence-corrected chi connectivity index (χ1v) is 6.46. The molecule has 0 saturated carbocycles. The van der Waals surface area contributed by atoms with E-state index in [1.807, 2.05) is 30.3 Å². The van der Waals surface area contributed by atoms with E-state index in [0.717, 1.165) is 11.1 Å². The first kappa shape index (κ1) is 14.1. The van der Waals surface area contributed by atoms with Crippen molar-refractivity contribution < 1.29 is 9.53 Å². The van der Waals surface area contributed by atoms with Crippen LogP contribution in [0, 0.1) is 0 Å². The highest BCUT2D eigenvalue weighted by Gasteiger charge is 2.08. The molecule has 1 amide bonds. The van der Waals surface area contributed by atoms with E-state index < -0.39 is 0 Å². The van der Waals surface area contributed by atoms with Crippen LogP contribution in [-0.2, 0) is 13.2 Å². The standard InChI is InChI=1S/C16H18N2O2/c1-18-16(19)13-7-8-15(14(9-13)10-17)20-11-12-5-3-2-4-6-12/h2-9H,10-11,17H2,1H3,(H,18,19). The molecular weight excluding hydrogens is 252 g/mol. The van der Waals surface area contributed by atoms with Crippen molar-refractivity contribution in [3.8, 4) is 5.75 Å². The second kappa shape index (κ2) is 6.73. The van der Waals surface area contributed by atoms with E-state index in [0.29, 0.717) is 24.5 Å². The molecule has 0 saturated heterocycles. The van der Waals surface area contributed by atoms with Gasteiger partial charge in [0.05, 0.1) is 0 Å². The Hall–Kier alpha value is -2.33. The van der Waals surface area contributed by atoms with Crippen molar-refractivity contribution in [2.24, 2.45) is 5.73 Å². The van der Waals surface area contributed by atoms with E-state index in [4.69, 9.17) is 10.5 Å². The zero-order valence-corrected chi connectivity index (χ0v) is 11.4. The van der Waals surface area contributed by atoms with Gasteiger partial charge in [0, 0.05) is 24.7 Å². The number of nitrogens with one attached hydrogen (secondary N) is 1. The Labute approximate surface area is 118 Å². The molecule has 0 aliphatic rings. The van der Waals surface area contributed by atoms with Gasteiger partial charge in [-0.15, -0.1) is 0 Å². The molecule has 0 atom stereocenters. The summed E-state index contributed by atoms with van der Waals surface area (Å²) in [7, 11) is 1.60. The fourth-order valence-corrected chi connectivity index (χ4v) is 1.90. The molecule has 0 bridgehead atoms. The highest BCUT2D eigenvalue weighted by molar-refractivity contribution is 5.94. The second-order valence-electron chi connectivity index (χ2n) is 4.38. The summed E-state index contributed by atoms with van der Waals surface area (Å²) in [6, 6.07) is 15.2. The molecule has 0 radical (unpaired) electrons. The third kappa shape index (κ3) is 3.36. The van der Waals surface area contributed by atoms with E-state index in [9.17, 15) is 4.79 Å². The molecule has 2 aromatic rings. The van der Waals surface area contributed by atoms with Crippen LogP contribution in [-0.4, -0.2) is 13.0 Å².